The molecule has 15 nitrogen and oxygen atoms in total. The van der Waals surface area contributed by atoms with Gasteiger partial charge in [0, 0.05) is 35.8 Å². The summed E-state index contributed by atoms with van der Waals surface area (Å²) in [5.74, 6) is -3.75. The Bertz CT molecular complexity index is 314. The maximum Gasteiger partial charge on any atom is 3.00 e. The number of nitrogens with zero attached hydrogens (tertiary/aromatic N) is 6. The summed E-state index contributed by atoms with van der Waals surface area (Å²) in [6, 6.07) is 0. The first-order chi connectivity index (χ1) is 9.38. The van der Waals surface area contributed by atoms with Gasteiger partial charge in [0.25, 0.3) is 0 Å². The third kappa shape index (κ3) is 54.1. The molecule has 22 heavy (non-hydrogen) atoms. The zero-order valence-corrected chi connectivity index (χ0v) is 12.6. The van der Waals surface area contributed by atoms with E-state index < -0.39 is 35.8 Å². The van der Waals surface area contributed by atoms with Crippen molar-refractivity contribution in [2.75, 3.05) is 0 Å². The Morgan fingerprint density at radius 3 is 0.500 bits per heavy atom. The van der Waals surface area contributed by atoms with E-state index in [1.807, 2.05) is 0 Å². The van der Waals surface area contributed by atoms with Crippen molar-refractivity contribution in [2.45, 2.75) is 0 Å². The number of guanidine groups is 6. The van der Waals surface area contributed by atoms with Crippen molar-refractivity contribution in [3.8, 4) is 0 Å². The SMILES string of the molecule is [N-]=C(N)NC(=[N-])N.[N-]=C(N)NC(=[N-])N.[N-]=C(N)NC(=[N-])N.[Rh+3]. The molecule has 0 aromatic rings. The van der Waals surface area contributed by atoms with Gasteiger partial charge in [0.15, 0.2) is 0 Å². The second-order valence-corrected chi connectivity index (χ2v) is 2.69. The van der Waals surface area contributed by atoms with E-state index >= 15 is 0 Å². The zero-order chi connectivity index (χ0) is 17.6. The van der Waals surface area contributed by atoms with Crippen molar-refractivity contribution in [1.29, 1.82) is 0 Å². The minimum absolute atomic E-state index is 0. The molecule has 0 amide bonds. The Morgan fingerprint density at radius 2 is 0.500 bits per heavy atom. The van der Waals surface area contributed by atoms with E-state index in [9.17, 15) is 0 Å². The molecule has 0 bridgehead atoms. The molecule has 0 aromatic heterocycles. The molecule has 0 spiro atoms. The van der Waals surface area contributed by atoms with Gasteiger partial charge >= 0.3 is 19.5 Å². The Balaban J connectivity index is -0.000000108. The van der Waals surface area contributed by atoms with Crippen molar-refractivity contribution in [3.05, 3.63) is 32.5 Å². The molecule has 0 unspecified atom stereocenters. The van der Waals surface area contributed by atoms with Gasteiger partial charge in [-0.15, -0.1) is 0 Å². The first-order valence-corrected chi connectivity index (χ1v) is 4.57. The van der Waals surface area contributed by atoms with E-state index in [4.69, 9.17) is 32.5 Å². The molecule has 15 N–H and O–H groups in total. The van der Waals surface area contributed by atoms with Crippen LogP contribution < -0.4 is 50.4 Å². The molecular weight excluding hydrogens is 385 g/mol. The normalized spacial score (nSPS) is 7.09. The Kier molecular flexibility index (Phi) is 19.7. The number of nitrogens with two attached hydrogens (primary N) is 6. The summed E-state index contributed by atoms with van der Waals surface area (Å²) in [6.07, 6.45) is 0. The van der Waals surface area contributed by atoms with Crippen LogP contribution in [0.15, 0.2) is 0 Å². The van der Waals surface area contributed by atoms with Crippen molar-refractivity contribution in [1.82, 2.24) is 16.0 Å². The Labute approximate surface area is 138 Å². The summed E-state index contributed by atoms with van der Waals surface area (Å²) in [7, 11) is 0. The average molecular weight is 400 g/mol. The molecule has 0 saturated heterocycles. The molecule has 0 atom stereocenters. The summed E-state index contributed by atoms with van der Waals surface area (Å²) in [5.41, 5.74) is 27.6. The number of hydrogen-bond acceptors (Lipinski definition) is 0. The number of hydrogen-bond donors (Lipinski definition) is 9. The van der Waals surface area contributed by atoms with Crippen LogP contribution >= 0.6 is 0 Å². The maximum atomic E-state index is 8.05. The van der Waals surface area contributed by atoms with Gasteiger partial charge in [0.1, 0.15) is 0 Å². The van der Waals surface area contributed by atoms with Gasteiger partial charge in [-0.1, -0.05) is 0 Å². The third-order valence-corrected chi connectivity index (χ3v) is 0.768. The fraction of sp³-hybridized carbons (Fsp3) is 0. The van der Waals surface area contributed by atoms with E-state index in [2.05, 4.69) is 34.4 Å². The fourth-order valence-corrected chi connectivity index (χ4v) is 0.394. The fourth-order valence-electron chi connectivity index (χ4n) is 0.394. The zero-order valence-electron chi connectivity index (χ0n) is 11.0. The molecule has 126 valence electrons. The van der Waals surface area contributed by atoms with Crippen molar-refractivity contribution in [2.24, 2.45) is 34.4 Å². The molecule has 0 aliphatic heterocycles. The van der Waals surface area contributed by atoms with E-state index in [0.29, 0.717) is 0 Å². The van der Waals surface area contributed by atoms with Gasteiger partial charge in [-0.3, -0.25) is 0 Å². The smallest absolute Gasteiger partial charge is 0.454 e. The molecule has 0 saturated carbocycles. The van der Waals surface area contributed by atoms with Crippen LogP contribution in [-0.4, -0.2) is 35.8 Å². The van der Waals surface area contributed by atoms with Crippen molar-refractivity contribution in [3.63, 3.8) is 0 Å². The second-order valence-electron chi connectivity index (χ2n) is 2.69. The molecule has 0 fully saturated rings. The van der Waals surface area contributed by atoms with Crippen LogP contribution in [0, 0.1) is 0 Å². The first-order valence-electron chi connectivity index (χ1n) is 4.57. The molecule has 16 heteroatoms. The van der Waals surface area contributed by atoms with E-state index in [1.165, 1.54) is 0 Å². The molecule has 0 heterocycles. The predicted molar refractivity (Wildman–Crippen MR) is 84.7 cm³/mol. The van der Waals surface area contributed by atoms with Gasteiger partial charge in [-0.2, -0.15) is 0 Å². The van der Waals surface area contributed by atoms with E-state index in [0.717, 1.165) is 0 Å². The average Bonchev–Trinajstić information content (AvgIpc) is 2.10. The second kappa shape index (κ2) is 15.9. The van der Waals surface area contributed by atoms with Crippen molar-refractivity contribution >= 4 is 35.8 Å². The summed E-state index contributed by atoms with van der Waals surface area (Å²) in [6.45, 7) is 0. The molecular formula is C6H15N15Rh-3. The standard InChI is InChI=1S/3C2H5N5.Rh/c3*3-1(4)7-2(5)6;/h3*(H5-2,3,4,5,6,7);/q3*-2;+3. The third-order valence-electron chi connectivity index (χ3n) is 0.768. The monoisotopic (exact) mass is 400 g/mol. The predicted octanol–water partition coefficient (Wildman–Crippen LogP) is -4.97. The minimum Gasteiger partial charge on any atom is -0.454 e. The molecule has 0 aromatic carbocycles. The largest absolute Gasteiger partial charge is 3.00 e. The van der Waals surface area contributed by atoms with E-state index in [1.54, 1.807) is 16.0 Å². The number of rotatable bonds is 0. The summed E-state index contributed by atoms with van der Waals surface area (Å²) >= 11 is 0. The van der Waals surface area contributed by atoms with Gasteiger partial charge in [0.05, 0.1) is 0 Å². The van der Waals surface area contributed by atoms with Crippen LogP contribution in [0.1, 0.15) is 0 Å². The molecule has 0 aliphatic carbocycles. The first kappa shape index (κ1) is 27.2. The van der Waals surface area contributed by atoms with Crippen LogP contribution in [0.4, 0.5) is 0 Å². The molecule has 0 aliphatic rings. The van der Waals surface area contributed by atoms with Gasteiger partial charge in [-0.05, 0) is 0 Å². The van der Waals surface area contributed by atoms with Crippen LogP contribution in [0.25, 0.3) is 32.5 Å². The minimum atomic E-state index is -0.625. The summed E-state index contributed by atoms with van der Waals surface area (Å²) in [4.78, 5) is 0. The quantitative estimate of drug-likeness (QED) is 0.107. The Morgan fingerprint density at radius 1 is 0.409 bits per heavy atom. The summed E-state index contributed by atoms with van der Waals surface area (Å²) in [5, 5.41) is 53.7. The van der Waals surface area contributed by atoms with Crippen LogP contribution in [-0.2, 0) is 19.5 Å². The van der Waals surface area contributed by atoms with Crippen LogP contribution in [0.3, 0.4) is 0 Å². The topological polar surface area (TPSA) is 326 Å². The molecule has 0 rings (SSSR count). The van der Waals surface area contributed by atoms with Gasteiger partial charge in [-0.25, -0.2) is 0 Å². The van der Waals surface area contributed by atoms with Gasteiger partial charge < -0.3 is 82.8 Å². The van der Waals surface area contributed by atoms with Crippen LogP contribution in [0.2, 0.25) is 0 Å². The van der Waals surface area contributed by atoms with E-state index in [-0.39, 0.29) is 19.5 Å². The van der Waals surface area contributed by atoms with Crippen LogP contribution in [0.5, 0.6) is 0 Å². The Hall–Kier alpha value is -3.16. The number of nitrogens with one attached hydrogen (secondary N) is 3. The maximum absolute atomic E-state index is 8.05. The van der Waals surface area contributed by atoms with Gasteiger partial charge in [0.2, 0.25) is 0 Å². The summed E-state index contributed by atoms with van der Waals surface area (Å²) < 4.78 is 0. The van der Waals surface area contributed by atoms with Crippen molar-refractivity contribution < 1.29 is 19.5 Å². The molecule has 0 radical (unpaired) electrons.